The van der Waals surface area contributed by atoms with Crippen molar-refractivity contribution < 1.29 is 9.13 Å². The predicted octanol–water partition coefficient (Wildman–Crippen LogP) is 3.57. The number of rotatable bonds is 4. The minimum atomic E-state index is -0.0941. The average Bonchev–Trinajstić information content (AvgIpc) is 3.13. The van der Waals surface area contributed by atoms with Crippen LogP contribution in [0.2, 0.25) is 0 Å². The monoisotopic (exact) mass is 340 g/mol. The van der Waals surface area contributed by atoms with Crippen LogP contribution in [0.15, 0.2) is 48.5 Å². The molecule has 3 nitrogen and oxygen atoms in total. The van der Waals surface area contributed by atoms with Gasteiger partial charge in [0.2, 0.25) is 0 Å². The first-order valence-electron chi connectivity index (χ1n) is 8.95. The summed E-state index contributed by atoms with van der Waals surface area (Å²) in [4.78, 5) is 4.88. The van der Waals surface area contributed by atoms with Crippen LogP contribution >= 0.6 is 0 Å². The van der Waals surface area contributed by atoms with E-state index in [2.05, 4.69) is 29.0 Å². The lowest BCUT2D eigenvalue weighted by Crippen LogP contribution is -2.29. The molecule has 2 saturated heterocycles. The van der Waals surface area contributed by atoms with Gasteiger partial charge >= 0.3 is 0 Å². The minimum Gasteiger partial charge on any atom is -0.497 e. The Morgan fingerprint density at radius 3 is 2.52 bits per heavy atom. The molecule has 4 rings (SSSR count). The Labute approximate surface area is 149 Å². The number of halogens is 1. The first-order valence-corrected chi connectivity index (χ1v) is 8.95. The second kappa shape index (κ2) is 6.77. The summed E-state index contributed by atoms with van der Waals surface area (Å²) >= 11 is 0. The molecule has 0 N–H and O–H groups in total. The van der Waals surface area contributed by atoms with Crippen LogP contribution in [0.5, 0.6) is 5.75 Å². The summed E-state index contributed by atoms with van der Waals surface area (Å²) in [6.45, 7) is 3.89. The summed E-state index contributed by atoms with van der Waals surface area (Å²) in [6.07, 6.45) is 0. The largest absolute Gasteiger partial charge is 0.497 e. The van der Waals surface area contributed by atoms with Gasteiger partial charge < -0.3 is 4.74 Å². The number of benzene rings is 2. The molecule has 0 aliphatic carbocycles. The van der Waals surface area contributed by atoms with Crippen LogP contribution in [0.3, 0.4) is 0 Å². The maximum absolute atomic E-state index is 14.0. The molecule has 2 aromatic rings. The van der Waals surface area contributed by atoms with Crippen molar-refractivity contribution in [3.8, 4) is 5.75 Å². The zero-order valence-electron chi connectivity index (χ0n) is 14.9. The van der Waals surface area contributed by atoms with Crippen molar-refractivity contribution in [3.05, 3.63) is 65.5 Å². The van der Waals surface area contributed by atoms with Crippen molar-refractivity contribution in [3.63, 3.8) is 0 Å². The van der Waals surface area contributed by atoms with Crippen LogP contribution in [0, 0.1) is 17.7 Å². The highest BCUT2D eigenvalue weighted by molar-refractivity contribution is 5.31. The third kappa shape index (κ3) is 3.16. The number of nitrogens with zero attached hydrogens (tertiary/aromatic N) is 2. The zero-order valence-corrected chi connectivity index (χ0v) is 14.9. The highest BCUT2D eigenvalue weighted by Gasteiger charge is 2.45. The first kappa shape index (κ1) is 16.6. The molecular weight excluding hydrogens is 315 g/mol. The lowest BCUT2D eigenvalue weighted by atomic mass is 9.89. The third-order valence-electron chi connectivity index (χ3n) is 5.78. The maximum atomic E-state index is 14.0. The lowest BCUT2D eigenvalue weighted by Gasteiger charge is -2.27. The molecule has 0 amide bonds. The van der Waals surface area contributed by atoms with Crippen molar-refractivity contribution in [2.75, 3.05) is 33.8 Å². The smallest absolute Gasteiger partial charge is 0.127 e. The van der Waals surface area contributed by atoms with E-state index in [9.17, 15) is 4.39 Å². The molecule has 3 atom stereocenters. The van der Waals surface area contributed by atoms with E-state index in [-0.39, 0.29) is 5.82 Å². The second-order valence-corrected chi connectivity index (χ2v) is 7.37. The summed E-state index contributed by atoms with van der Waals surface area (Å²) in [5.74, 6) is 2.06. The molecule has 4 heteroatoms. The molecule has 0 saturated carbocycles. The fourth-order valence-corrected chi connectivity index (χ4v) is 4.65. The van der Waals surface area contributed by atoms with Gasteiger partial charge in [0.05, 0.1) is 7.11 Å². The molecule has 2 aromatic carbocycles. The van der Waals surface area contributed by atoms with E-state index >= 15 is 0 Å². The Bertz CT molecular complexity index is 733. The van der Waals surface area contributed by atoms with Gasteiger partial charge in [-0.15, -0.1) is 0 Å². The van der Waals surface area contributed by atoms with Crippen LogP contribution in [0.4, 0.5) is 4.39 Å². The summed E-state index contributed by atoms with van der Waals surface area (Å²) in [5.41, 5.74) is 2.15. The molecule has 2 aliphatic heterocycles. The second-order valence-electron chi connectivity index (χ2n) is 7.37. The molecule has 2 heterocycles. The quantitative estimate of drug-likeness (QED) is 0.846. The fraction of sp³-hybridized carbons (Fsp3) is 0.429. The topological polar surface area (TPSA) is 15.7 Å². The minimum absolute atomic E-state index is 0.0941. The van der Waals surface area contributed by atoms with Gasteiger partial charge in [-0.25, -0.2) is 4.39 Å². The fourth-order valence-electron chi connectivity index (χ4n) is 4.65. The van der Waals surface area contributed by atoms with Crippen LogP contribution in [-0.4, -0.2) is 43.6 Å². The Morgan fingerprint density at radius 2 is 1.80 bits per heavy atom. The van der Waals surface area contributed by atoms with E-state index in [1.54, 1.807) is 19.2 Å². The maximum Gasteiger partial charge on any atom is 0.127 e. The normalized spacial score (nSPS) is 26.8. The number of likely N-dealkylation sites (tertiary alicyclic amines) is 2. The van der Waals surface area contributed by atoms with Crippen LogP contribution in [-0.2, 0) is 6.54 Å². The number of hydrogen-bond acceptors (Lipinski definition) is 3. The molecule has 2 aliphatic rings. The number of fused-ring (bicyclic) bond motifs is 1. The van der Waals surface area contributed by atoms with E-state index in [0.717, 1.165) is 30.9 Å². The van der Waals surface area contributed by atoms with Crippen molar-refractivity contribution in [1.29, 1.82) is 0 Å². The molecule has 25 heavy (non-hydrogen) atoms. The van der Waals surface area contributed by atoms with Crippen LogP contribution in [0.1, 0.15) is 17.2 Å². The Morgan fingerprint density at radius 1 is 1.04 bits per heavy atom. The predicted molar refractivity (Wildman–Crippen MR) is 97.0 cm³/mol. The first-order chi connectivity index (χ1) is 12.2. The van der Waals surface area contributed by atoms with Gasteiger partial charge in [0.15, 0.2) is 0 Å². The van der Waals surface area contributed by atoms with Gasteiger partial charge in [0.25, 0.3) is 0 Å². The van der Waals surface area contributed by atoms with Gasteiger partial charge in [-0.3, -0.25) is 9.80 Å². The van der Waals surface area contributed by atoms with Gasteiger partial charge in [0, 0.05) is 37.8 Å². The summed E-state index contributed by atoms with van der Waals surface area (Å²) < 4.78 is 19.2. The van der Waals surface area contributed by atoms with E-state index in [1.807, 2.05) is 24.3 Å². The van der Waals surface area contributed by atoms with Crippen molar-refractivity contribution in [2.45, 2.75) is 12.6 Å². The third-order valence-corrected chi connectivity index (χ3v) is 5.78. The highest BCUT2D eigenvalue weighted by Crippen LogP contribution is 2.44. The molecule has 0 aromatic heterocycles. The molecule has 0 spiro atoms. The van der Waals surface area contributed by atoms with Gasteiger partial charge in [-0.05, 0) is 42.6 Å². The van der Waals surface area contributed by atoms with Crippen molar-refractivity contribution >= 4 is 0 Å². The van der Waals surface area contributed by atoms with E-state index in [0.29, 0.717) is 24.4 Å². The molecule has 0 radical (unpaired) electrons. The van der Waals surface area contributed by atoms with Gasteiger partial charge in [-0.1, -0.05) is 30.3 Å². The SMILES string of the molecule is COc1ccc([C@@H]2[C@@H]3CN(Cc4ccccc4F)C[C@@H]3CN2C)cc1. The van der Waals surface area contributed by atoms with Crippen LogP contribution in [0.25, 0.3) is 0 Å². The van der Waals surface area contributed by atoms with Crippen molar-refractivity contribution in [1.82, 2.24) is 9.80 Å². The molecular formula is C21H25FN2O. The number of methoxy groups -OCH3 is 1. The standard InChI is InChI=1S/C21H25FN2O/c1-23-11-17-13-24(12-16-5-3-4-6-20(16)22)14-19(17)21(23)15-7-9-18(25-2)10-8-15/h3-10,17,19,21H,11-14H2,1-2H3/t17-,19+,21+/m0/s1. The summed E-state index contributed by atoms with van der Waals surface area (Å²) in [6, 6.07) is 16.0. The van der Waals surface area contributed by atoms with E-state index in [1.165, 1.54) is 5.56 Å². The number of ether oxygens (including phenoxy) is 1. The molecule has 0 unspecified atom stereocenters. The van der Waals surface area contributed by atoms with Crippen molar-refractivity contribution in [2.24, 2.45) is 11.8 Å². The zero-order chi connectivity index (χ0) is 17.4. The summed E-state index contributed by atoms with van der Waals surface area (Å²) in [5, 5.41) is 0. The van der Waals surface area contributed by atoms with Gasteiger partial charge in [-0.2, -0.15) is 0 Å². The Hall–Kier alpha value is -1.91. The van der Waals surface area contributed by atoms with E-state index in [4.69, 9.17) is 4.74 Å². The molecule has 2 fully saturated rings. The average molecular weight is 340 g/mol. The van der Waals surface area contributed by atoms with Gasteiger partial charge in [0.1, 0.15) is 11.6 Å². The summed E-state index contributed by atoms with van der Waals surface area (Å²) in [7, 11) is 3.92. The Kier molecular flexibility index (Phi) is 4.48. The molecule has 132 valence electrons. The highest BCUT2D eigenvalue weighted by atomic mass is 19.1. The Balaban J connectivity index is 1.49. The molecule has 0 bridgehead atoms. The lowest BCUT2D eigenvalue weighted by molar-refractivity contribution is 0.223. The number of hydrogen-bond donors (Lipinski definition) is 0. The van der Waals surface area contributed by atoms with E-state index < -0.39 is 0 Å². The van der Waals surface area contributed by atoms with Crippen LogP contribution < -0.4 is 4.74 Å².